The van der Waals surface area contributed by atoms with Crippen LogP contribution in [-0.2, 0) is 28.5 Å². The van der Waals surface area contributed by atoms with Crippen LogP contribution in [0, 0.1) is 0 Å². The molecule has 2 rings (SSSR count). The Morgan fingerprint density at radius 1 is 0.854 bits per heavy atom. The van der Waals surface area contributed by atoms with Crippen molar-refractivity contribution in [2.45, 2.75) is 146 Å². The number of cyclic esters (lactones) is 1. The van der Waals surface area contributed by atoms with Gasteiger partial charge >= 0.3 is 11.9 Å². The SMILES string of the molecule is CCCCCCCCCCCCCCCC(=O)OC(O)[C@H](O)[C@H]1OC(=O)C(OC2O[C@H](CO)[C@@H](O)[C@H](O)[C@H]2O)=C1O. The molecule has 2 aliphatic heterocycles. The number of rotatable bonds is 20. The number of carbonyl (C=O) groups is 2. The van der Waals surface area contributed by atoms with Crippen molar-refractivity contribution in [1.82, 2.24) is 0 Å². The quantitative estimate of drug-likeness (QED) is 0.0602. The summed E-state index contributed by atoms with van der Waals surface area (Å²) in [7, 11) is 0. The summed E-state index contributed by atoms with van der Waals surface area (Å²) in [5, 5.41) is 69.8. The fourth-order valence-electron chi connectivity index (χ4n) is 4.78. The minimum Gasteiger partial charge on any atom is -0.505 e. The molecule has 0 aromatic carbocycles. The molecule has 13 heteroatoms. The van der Waals surface area contributed by atoms with Crippen LogP contribution in [0.3, 0.4) is 0 Å². The zero-order valence-electron chi connectivity index (χ0n) is 23.8. The highest BCUT2D eigenvalue weighted by Gasteiger charge is 2.49. The van der Waals surface area contributed by atoms with Crippen LogP contribution < -0.4 is 0 Å². The van der Waals surface area contributed by atoms with E-state index in [0.717, 1.165) is 25.7 Å². The van der Waals surface area contributed by atoms with Gasteiger partial charge in [-0.05, 0) is 6.42 Å². The highest BCUT2D eigenvalue weighted by Crippen LogP contribution is 2.30. The van der Waals surface area contributed by atoms with Crippen molar-refractivity contribution < 1.29 is 64.3 Å². The molecule has 1 fully saturated rings. The lowest BCUT2D eigenvalue weighted by Gasteiger charge is -2.39. The Kier molecular flexibility index (Phi) is 15.9. The van der Waals surface area contributed by atoms with Crippen LogP contribution in [0.4, 0.5) is 0 Å². The highest BCUT2D eigenvalue weighted by molar-refractivity contribution is 5.89. The first kappa shape index (κ1) is 35.2. The largest absolute Gasteiger partial charge is 0.505 e. The summed E-state index contributed by atoms with van der Waals surface area (Å²) in [5.74, 6) is -3.95. The normalized spacial score (nSPS) is 27.9. The minimum atomic E-state index is -2.13. The Balaban J connectivity index is 1.68. The minimum absolute atomic E-state index is 0.0132. The van der Waals surface area contributed by atoms with Crippen molar-refractivity contribution in [3.05, 3.63) is 11.5 Å². The lowest BCUT2D eigenvalue weighted by Crippen LogP contribution is -2.59. The Morgan fingerprint density at radius 3 is 1.93 bits per heavy atom. The second kappa shape index (κ2) is 18.5. The van der Waals surface area contributed by atoms with Crippen molar-refractivity contribution in [2.24, 2.45) is 0 Å². The number of hydrogen-bond acceptors (Lipinski definition) is 13. The maximum atomic E-state index is 12.2. The molecule has 1 saturated heterocycles. The molecule has 2 heterocycles. The summed E-state index contributed by atoms with van der Waals surface area (Å²) in [6.45, 7) is 1.46. The lowest BCUT2D eigenvalue weighted by molar-refractivity contribution is -0.291. The Hall–Kier alpha value is -2.00. The third kappa shape index (κ3) is 11.0. The van der Waals surface area contributed by atoms with Crippen LogP contribution in [0.15, 0.2) is 11.5 Å². The van der Waals surface area contributed by atoms with E-state index in [1.54, 1.807) is 0 Å². The fraction of sp³-hybridized carbons (Fsp3) is 0.857. The van der Waals surface area contributed by atoms with Gasteiger partial charge in [0.05, 0.1) is 6.61 Å². The van der Waals surface area contributed by atoms with E-state index in [1.165, 1.54) is 51.4 Å². The molecule has 7 N–H and O–H groups in total. The van der Waals surface area contributed by atoms with E-state index in [9.17, 15) is 45.3 Å². The highest BCUT2D eigenvalue weighted by atomic mass is 16.7. The van der Waals surface area contributed by atoms with E-state index >= 15 is 0 Å². The van der Waals surface area contributed by atoms with Gasteiger partial charge in [0, 0.05) is 6.42 Å². The molecule has 238 valence electrons. The van der Waals surface area contributed by atoms with Gasteiger partial charge in [-0.1, -0.05) is 84.0 Å². The molecule has 0 amide bonds. The van der Waals surface area contributed by atoms with E-state index in [1.807, 2.05) is 0 Å². The predicted molar refractivity (Wildman–Crippen MR) is 143 cm³/mol. The zero-order chi connectivity index (χ0) is 30.4. The van der Waals surface area contributed by atoms with Crippen LogP contribution >= 0.6 is 0 Å². The second-order valence-electron chi connectivity index (χ2n) is 10.7. The molecular formula is C28H48O13. The number of aliphatic hydroxyl groups is 7. The first-order valence-electron chi connectivity index (χ1n) is 14.8. The molecule has 0 radical (unpaired) electrons. The second-order valence-corrected chi connectivity index (χ2v) is 10.7. The van der Waals surface area contributed by atoms with E-state index in [0.29, 0.717) is 6.42 Å². The maximum Gasteiger partial charge on any atom is 0.378 e. The van der Waals surface area contributed by atoms with E-state index in [-0.39, 0.29) is 6.42 Å². The average Bonchev–Trinajstić information content (AvgIpc) is 3.23. The van der Waals surface area contributed by atoms with Crippen molar-refractivity contribution in [1.29, 1.82) is 0 Å². The summed E-state index contributed by atoms with van der Waals surface area (Å²) in [5.41, 5.74) is 0. The summed E-state index contributed by atoms with van der Waals surface area (Å²) >= 11 is 0. The number of aliphatic hydroxyl groups excluding tert-OH is 7. The van der Waals surface area contributed by atoms with Crippen LogP contribution in [0.5, 0.6) is 0 Å². The average molecular weight is 593 g/mol. The molecule has 8 atom stereocenters. The third-order valence-corrected chi connectivity index (χ3v) is 7.34. The number of carbonyl (C=O) groups excluding carboxylic acids is 2. The molecular weight excluding hydrogens is 544 g/mol. The molecule has 0 aliphatic carbocycles. The van der Waals surface area contributed by atoms with Crippen LogP contribution in [-0.4, -0.2) is 103 Å². The van der Waals surface area contributed by atoms with Gasteiger partial charge < -0.3 is 54.7 Å². The van der Waals surface area contributed by atoms with E-state index in [4.69, 9.17) is 18.9 Å². The van der Waals surface area contributed by atoms with Crippen LogP contribution in [0.25, 0.3) is 0 Å². The molecule has 0 aromatic rings. The van der Waals surface area contributed by atoms with Gasteiger partial charge in [-0.25, -0.2) is 4.79 Å². The van der Waals surface area contributed by atoms with Crippen molar-refractivity contribution in [2.75, 3.05) is 6.61 Å². The summed E-state index contributed by atoms with van der Waals surface area (Å²) in [6.07, 6.45) is 0.314. The number of unbranched alkanes of at least 4 members (excludes halogenated alkanes) is 12. The van der Waals surface area contributed by atoms with Crippen LogP contribution in [0.2, 0.25) is 0 Å². The van der Waals surface area contributed by atoms with Gasteiger partial charge in [-0.15, -0.1) is 0 Å². The molecule has 0 bridgehead atoms. The maximum absolute atomic E-state index is 12.2. The van der Waals surface area contributed by atoms with Crippen molar-refractivity contribution in [3.8, 4) is 0 Å². The molecule has 2 unspecified atom stereocenters. The molecule has 0 saturated carbocycles. The zero-order valence-corrected chi connectivity index (χ0v) is 23.8. The van der Waals surface area contributed by atoms with Gasteiger partial charge in [-0.3, -0.25) is 4.79 Å². The molecule has 41 heavy (non-hydrogen) atoms. The Bertz CT molecular complexity index is 817. The first-order valence-corrected chi connectivity index (χ1v) is 14.8. The standard InChI is InChI=1S/C28H48O13/c1-2-3-4-5-6-7-8-9-10-11-12-13-14-15-18(30)39-26(36)23(35)24-22(34)25(27(37)40-24)41-28-21(33)20(32)19(31)17(16-29)38-28/h17,19-21,23-24,26,28-29,31-36H,2-16H2,1H3/t17-,19-,20+,21-,23-,24+,26?,28?/m1/s1. The van der Waals surface area contributed by atoms with Gasteiger partial charge in [0.25, 0.3) is 0 Å². The topological polar surface area (TPSA) is 213 Å². The molecule has 0 spiro atoms. The Labute approximate surface area is 240 Å². The van der Waals surface area contributed by atoms with Gasteiger partial charge in [0.1, 0.15) is 24.4 Å². The van der Waals surface area contributed by atoms with Gasteiger partial charge in [0.2, 0.25) is 18.3 Å². The first-order chi connectivity index (χ1) is 19.6. The van der Waals surface area contributed by atoms with E-state index in [2.05, 4.69) is 6.92 Å². The van der Waals surface area contributed by atoms with Crippen LogP contribution in [0.1, 0.15) is 96.8 Å². The van der Waals surface area contributed by atoms with Gasteiger partial charge in [-0.2, -0.15) is 0 Å². The number of hydrogen-bond donors (Lipinski definition) is 7. The van der Waals surface area contributed by atoms with E-state index < -0.39 is 79.3 Å². The smallest absolute Gasteiger partial charge is 0.378 e. The monoisotopic (exact) mass is 592 g/mol. The number of ether oxygens (including phenoxy) is 4. The molecule has 2 aliphatic rings. The lowest BCUT2D eigenvalue weighted by atomic mass is 9.99. The summed E-state index contributed by atoms with van der Waals surface area (Å²) in [4.78, 5) is 24.3. The predicted octanol–water partition coefficient (Wildman–Crippen LogP) is 1.20. The molecule has 0 aromatic heterocycles. The van der Waals surface area contributed by atoms with Crippen molar-refractivity contribution >= 4 is 11.9 Å². The summed E-state index contributed by atoms with van der Waals surface area (Å²) < 4.78 is 19.9. The third-order valence-electron chi connectivity index (χ3n) is 7.34. The number of esters is 2. The fourth-order valence-corrected chi connectivity index (χ4v) is 4.78. The van der Waals surface area contributed by atoms with Gasteiger partial charge in [0.15, 0.2) is 18.0 Å². The summed E-state index contributed by atoms with van der Waals surface area (Å²) in [6, 6.07) is 0. The molecule has 13 nitrogen and oxygen atoms in total. The van der Waals surface area contributed by atoms with Crippen molar-refractivity contribution in [3.63, 3.8) is 0 Å². The Morgan fingerprint density at radius 2 is 1.39 bits per heavy atom.